The Bertz CT molecular complexity index is 405. The second kappa shape index (κ2) is 6.30. The molecule has 0 aliphatic carbocycles. The van der Waals surface area contributed by atoms with Gasteiger partial charge in [-0.1, -0.05) is 0 Å². The van der Waals surface area contributed by atoms with Crippen LogP contribution in [-0.4, -0.2) is 35.6 Å². The summed E-state index contributed by atoms with van der Waals surface area (Å²) in [5.74, 6) is 0.633. The summed E-state index contributed by atoms with van der Waals surface area (Å²) in [6.07, 6.45) is 6.34. The number of aromatic nitrogens is 2. The summed E-state index contributed by atoms with van der Waals surface area (Å²) >= 11 is 0. The standard InChI is InChI=1S/C12H18N4O2/c13-12(17)10-6-14-7-11(16-10)15-4-3-9-2-1-5-18-8-9/h6-7,9H,1-5,8H2,(H2,13,17)(H,15,16). The van der Waals surface area contributed by atoms with Crippen molar-refractivity contribution in [1.82, 2.24) is 9.97 Å². The van der Waals surface area contributed by atoms with Crippen molar-refractivity contribution >= 4 is 11.7 Å². The van der Waals surface area contributed by atoms with E-state index in [9.17, 15) is 4.79 Å². The highest BCUT2D eigenvalue weighted by molar-refractivity contribution is 5.90. The molecule has 1 aromatic rings. The van der Waals surface area contributed by atoms with Gasteiger partial charge in [0.15, 0.2) is 0 Å². The molecule has 1 fully saturated rings. The summed E-state index contributed by atoms with van der Waals surface area (Å²) in [6, 6.07) is 0. The van der Waals surface area contributed by atoms with E-state index in [-0.39, 0.29) is 5.69 Å². The van der Waals surface area contributed by atoms with E-state index in [1.807, 2.05) is 0 Å². The molecule has 0 bridgehead atoms. The zero-order valence-electron chi connectivity index (χ0n) is 10.3. The smallest absolute Gasteiger partial charge is 0.268 e. The van der Waals surface area contributed by atoms with Gasteiger partial charge in [-0.3, -0.25) is 9.78 Å². The minimum absolute atomic E-state index is 0.181. The van der Waals surface area contributed by atoms with Crippen LogP contribution in [0, 0.1) is 5.92 Å². The Hall–Kier alpha value is -1.69. The third-order valence-corrected chi connectivity index (χ3v) is 3.00. The van der Waals surface area contributed by atoms with Crippen LogP contribution in [0.1, 0.15) is 29.8 Å². The van der Waals surface area contributed by atoms with Crippen molar-refractivity contribution < 1.29 is 9.53 Å². The highest BCUT2D eigenvalue weighted by Crippen LogP contribution is 2.16. The Morgan fingerprint density at radius 3 is 3.17 bits per heavy atom. The van der Waals surface area contributed by atoms with Crippen molar-refractivity contribution in [2.24, 2.45) is 11.7 Å². The van der Waals surface area contributed by atoms with E-state index in [1.54, 1.807) is 6.20 Å². The topological polar surface area (TPSA) is 90.1 Å². The van der Waals surface area contributed by atoms with Crippen LogP contribution in [0.5, 0.6) is 0 Å². The van der Waals surface area contributed by atoms with Crippen molar-refractivity contribution in [2.45, 2.75) is 19.3 Å². The molecule has 1 aliphatic rings. The lowest BCUT2D eigenvalue weighted by Gasteiger charge is -2.21. The van der Waals surface area contributed by atoms with E-state index in [0.29, 0.717) is 11.7 Å². The largest absolute Gasteiger partial charge is 0.381 e. The maximum absolute atomic E-state index is 10.9. The predicted octanol–water partition coefficient (Wildman–Crippen LogP) is 0.804. The summed E-state index contributed by atoms with van der Waals surface area (Å²) in [5, 5.41) is 3.15. The number of anilines is 1. The monoisotopic (exact) mass is 250 g/mol. The molecule has 0 spiro atoms. The van der Waals surface area contributed by atoms with E-state index in [0.717, 1.165) is 32.6 Å². The van der Waals surface area contributed by atoms with Crippen LogP contribution in [0.15, 0.2) is 12.4 Å². The van der Waals surface area contributed by atoms with Crippen LogP contribution in [0.2, 0.25) is 0 Å². The maximum atomic E-state index is 10.9. The molecule has 1 aliphatic heterocycles. The zero-order valence-corrected chi connectivity index (χ0v) is 10.3. The summed E-state index contributed by atoms with van der Waals surface area (Å²) < 4.78 is 5.42. The minimum atomic E-state index is -0.563. The molecule has 0 saturated carbocycles. The summed E-state index contributed by atoms with van der Waals surface area (Å²) in [5.41, 5.74) is 5.32. The van der Waals surface area contributed by atoms with Crippen molar-refractivity contribution in [1.29, 1.82) is 0 Å². The average Bonchev–Trinajstić information content (AvgIpc) is 2.40. The number of hydrogen-bond donors (Lipinski definition) is 2. The quantitative estimate of drug-likeness (QED) is 0.806. The molecule has 1 unspecified atom stereocenters. The van der Waals surface area contributed by atoms with E-state index in [2.05, 4.69) is 15.3 Å². The van der Waals surface area contributed by atoms with E-state index < -0.39 is 5.91 Å². The molecule has 0 aromatic carbocycles. The second-order valence-corrected chi connectivity index (χ2v) is 4.45. The summed E-state index contributed by atoms with van der Waals surface area (Å²) in [4.78, 5) is 18.9. The Balaban J connectivity index is 1.78. The molecule has 18 heavy (non-hydrogen) atoms. The number of carbonyl (C=O) groups excluding carboxylic acids is 1. The van der Waals surface area contributed by atoms with Gasteiger partial charge < -0.3 is 15.8 Å². The van der Waals surface area contributed by atoms with Gasteiger partial charge in [-0.15, -0.1) is 0 Å². The Morgan fingerprint density at radius 2 is 2.44 bits per heavy atom. The molecule has 1 aromatic heterocycles. The third-order valence-electron chi connectivity index (χ3n) is 3.00. The number of carbonyl (C=O) groups is 1. The van der Waals surface area contributed by atoms with Crippen LogP contribution in [0.3, 0.4) is 0 Å². The molecule has 98 valence electrons. The van der Waals surface area contributed by atoms with Crippen LogP contribution in [0.25, 0.3) is 0 Å². The molecule has 0 radical (unpaired) electrons. The molecule has 2 heterocycles. The van der Waals surface area contributed by atoms with Crippen LogP contribution in [-0.2, 0) is 4.74 Å². The van der Waals surface area contributed by atoms with Crippen molar-refractivity contribution in [3.05, 3.63) is 18.1 Å². The molecule has 3 N–H and O–H groups in total. The third kappa shape index (κ3) is 3.66. The molecule has 1 atom stereocenters. The van der Waals surface area contributed by atoms with Crippen LogP contribution >= 0.6 is 0 Å². The lowest BCUT2D eigenvalue weighted by molar-refractivity contribution is 0.0530. The van der Waals surface area contributed by atoms with Gasteiger partial charge in [0.25, 0.3) is 5.91 Å². The first-order valence-electron chi connectivity index (χ1n) is 6.19. The lowest BCUT2D eigenvalue weighted by Crippen LogP contribution is -2.20. The predicted molar refractivity (Wildman–Crippen MR) is 67.2 cm³/mol. The highest BCUT2D eigenvalue weighted by atomic mass is 16.5. The fourth-order valence-electron chi connectivity index (χ4n) is 2.01. The normalized spacial score (nSPS) is 19.4. The fraction of sp³-hybridized carbons (Fsp3) is 0.583. The van der Waals surface area contributed by atoms with Crippen LogP contribution < -0.4 is 11.1 Å². The lowest BCUT2D eigenvalue weighted by atomic mass is 9.99. The first-order valence-corrected chi connectivity index (χ1v) is 6.19. The van der Waals surface area contributed by atoms with Crippen molar-refractivity contribution in [2.75, 3.05) is 25.1 Å². The van der Waals surface area contributed by atoms with E-state index in [1.165, 1.54) is 12.6 Å². The summed E-state index contributed by atoms with van der Waals surface area (Å²) in [6.45, 7) is 2.52. The number of ether oxygens (including phenoxy) is 1. The van der Waals surface area contributed by atoms with Gasteiger partial charge >= 0.3 is 0 Å². The second-order valence-electron chi connectivity index (χ2n) is 4.45. The molecular weight excluding hydrogens is 232 g/mol. The van der Waals surface area contributed by atoms with Gasteiger partial charge in [-0.2, -0.15) is 0 Å². The minimum Gasteiger partial charge on any atom is -0.381 e. The van der Waals surface area contributed by atoms with Gasteiger partial charge in [0.2, 0.25) is 0 Å². The van der Waals surface area contributed by atoms with Gasteiger partial charge in [-0.25, -0.2) is 4.98 Å². The highest BCUT2D eigenvalue weighted by Gasteiger charge is 2.13. The summed E-state index contributed by atoms with van der Waals surface area (Å²) in [7, 11) is 0. The first-order chi connectivity index (χ1) is 8.75. The number of primary amides is 1. The first kappa shape index (κ1) is 12.8. The zero-order chi connectivity index (χ0) is 12.8. The number of nitrogens with two attached hydrogens (primary N) is 1. The molecule has 6 nitrogen and oxygen atoms in total. The van der Waals surface area contributed by atoms with Gasteiger partial charge in [0.05, 0.1) is 12.4 Å². The Morgan fingerprint density at radius 1 is 1.56 bits per heavy atom. The number of amides is 1. The van der Waals surface area contributed by atoms with Crippen molar-refractivity contribution in [3.8, 4) is 0 Å². The Labute approximate surface area is 106 Å². The number of nitrogens with zero attached hydrogens (tertiary/aromatic N) is 2. The molecule has 1 saturated heterocycles. The van der Waals surface area contributed by atoms with Crippen molar-refractivity contribution in [3.63, 3.8) is 0 Å². The number of hydrogen-bond acceptors (Lipinski definition) is 5. The average molecular weight is 250 g/mol. The SMILES string of the molecule is NC(=O)c1cncc(NCCC2CCCOC2)n1. The molecule has 2 rings (SSSR count). The Kier molecular flexibility index (Phi) is 4.46. The number of rotatable bonds is 5. The fourth-order valence-corrected chi connectivity index (χ4v) is 2.01. The molecule has 6 heteroatoms. The molecular formula is C12H18N4O2. The van der Waals surface area contributed by atoms with Crippen LogP contribution in [0.4, 0.5) is 5.82 Å². The van der Waals surface area contributed by atoms with Gasteiger partial charge in [0.1, 0.15) is 11.5 Å². The van der Waals surface area contributed by atoms with E-state index >= 15 is 0 Å². The van der Waals surface area contributed by atoms with E-state index in [4.69, 9.17) is 10.5 Å². The molecule has 1 amide bonds. The van der Waals surface area contributed by atoms with Gasteiger partial charge in [0, 0.05) is 19.8 Å². The van der Waals surface area contributed by atoms with Gasteiger partial charge in [-0.05, 0) is 25.2 Å². The number of nitrogens with one attached hydrogen (secondary N) is 1. The maximum Gasteiger partial charge on any atom is 0.268 e.